The molecule has 1 heterocycles. The summed E-state index contributed by atoms with van der Waals surface area (Å²) >= 11 is 1.49. The van der Waals surface area contributed by atoms with Gasteiger partial charge in [-0.25, -0.2) is 0 Å². The van der Waals surface area contributed by atoms with Crippen molar-refractivity contribution in [3.05, 3.63) is 18.5 Å². The molecule has 0 radical (unpaired) electrons. The Hall–Kier alpha value is -0.820. The van der Waals surface area contributed by atoms with E-state index in [0.29, 0.717) is 24.7 Å². The van der Waals surface area contributed by atoms with Crippen molar-refractivity contribution in [2.75, 3.05) is 31.8 Å². The summed E-state index contributed by atoms with van der Waals surface area (Å²) in [6, 6.07) is 1.83. The quantitative estimate of drug-likeness (QED) is 0.692. The van der Waals surface area contributed by atoms with Crippen LogP contribution >= 0.6 is 11.8 Å². The van der Waals surface area contributed by atoms with Crippen LogP contribution in [0.15, 0.2) is 23.4 Å². The maximum atomic E-state index is 9.78. The third-order valence-corrected chi connectivity index (χ3v) is 3.45. The van der Waals surface area contributed by atoms with Crippen LogP contribution in [0.4, 0.5) is 5.69 Å². The molecule has 6 heteroatoms. The summed E-state index contributed by atoms with van der Waals surface area (Å²) in [7, 11) is 1.62. The molecule has 0 bridgehead atoms. The predicted molar refractivity (Wildman–Crippen MR) is 72.7 cm³/mol. The smallest absolute Gasteiger partial charge is 0.0867 e. The molecule has 0 spiro atoms. The summed E-state index contributed by atoms with van der Waals surface area (Å²) in [6.45, 7) is 2.73. The van der Waals surface area contributed by atoms with E-state index in [2.05, 4.69) is 4.98 Å². The minimum atomic E-state index is -0.526. The van der Waals surface area contributed by atoms with Gasteiger partial charge in [-0.15, -0.1) is 11.8 Å². The van der Waals surface area contributed by atoms with Gasteiger partial charge in [0.05, 0.1) is 37.3 Å². The second-order valence-corrected chi connectivity index (χ2v) is 5.04. The highest BCUT2D eigenvalue weighted by Gasteiger charge is 2.09. The zero-order valence-electron chi connectivity index (χ0n) is 10.7. The highest BCUT2D eigenvalue weighted by molar-refractivity contribution is 7.99. The lowest BCUT2D eigenvalue weighted by atomic mass is 10.4. The fraction of sp³-hybridized carbons (Fsp3) is 0.583. The predicted octanol–water partition coefficient (Wildman–Crippen LogP) is 1.17. The van der Waals surface area contributed by atoms with Gasteiger partial charge >= 0.3 is 0 Å². The number of pyridine rings is 1. The number of nitrogens with zero attached hydrogens (tertiary/aromatic N) is 1. The fourth-order valence-corrected chi connectivity index (χ4v) is 2.16. The summed E-state index contributed by atoms with van der Waals surface area (Å²) in [5.41, 5.74) is 6.38. The molecule has 1 rings (SSSR count). The Morgan fingerprint density at radius 2 is 2.28 bits per heavy atom. The lowest BCUT2D eigenvalue weighted by Crippen LogP contribution is -2.24. The molecule has 2 unspecified atom stereocenters. The van der Waals surface area contributed by atoms with E-state index >= 15 is 0 Å². The highest BCUT2D eigenvalue weighted by Crippen LogP contribution is 2.24. The molecule has 0 amide bonds. The average Bonchev–Trinajstić information content (AvgIpc) is 2.36. The normalized spacial score (nSPS) is 14.4. The molecule has 0 aliphatic rings. The SMILES string of the molecule is COCC(C)OCC(O)CSc1ccncc1N. The number of thioether (sulfide) groups is 1. The molecule has 1 aromatic heterocycles. The van der Waals surface area contributed by atoms with Crippen molar-refractivity contribution in [2.24, 2.45) is 0 Å². The van der Waals surface area contributed by atoms with Gasteiger partial charge in [0.25, 0.3) is 0 Å². The van der Waals surface area contributed by atoms with Crippen LogP contribution in [0.25, 0.3) is 0 Å². The number of rotatable bonds is 8. The summed E-state index contributed by atoms with van der Waals surface area (Å²) in [4.78, 5) is 4.84. The van der Waals surface area contributed by atoms with Gasteiger partial charge in [-0.1, -0.05) is 0 Å². The van der Waals surface area contributed by atoms with Crippen molar-refractivity contribution in [2.45, 2.75) is 24.0 Å². The van der Waals surface area contributed by atoms with Gasteiger partial charge in [-0.05, 0) is 13.0 Å². The lowest BCUT2D eigenvalue weighted by Gasteiger charge is -2.15. The Kier molecular flexibility index (Phi) is 7.04. The molecule has 0 aliphatic carbocycles. The first-order chi connectivity index (χ1) is 8.63. The number of nitrogens with two attached hydrogens (primary N) is 1. The van der Waals surface area contributed by atoms with Gasteiger partial charge in [0.15, 0.2) is 0 Å². The molecular weight excluding hydrogens is 252 g/mol. The monoisotopic (exact) mass is 272 g/mol. The van der Waals surface area contributed by atoms with Crippen LogP contribution in [0.2, 0.25) is 0 Å². The van der Waals surface area contributed by atoms with Gasteiger partial charge in [0, 0.05) is 24.0 Å². The molecule has 0 aliphatic heterocycles. The molecule has 0 aromatic carbocycles. The van der Waals surface area contributed by atoms with Gasteiger partial charge < -0.3 is 20.3 Å². The number of aromatic nitrogens is 1. The van der Waals surface area contributed by atoms with Crippen molar-refractivity contribution in [1.82, 2.24) is 4.98 Å². The Balaban J connectivity index is 2.25. The van der Waals surface area contributed by atoms with Gasteiger partial charge in [0.2, 0.25) is 0 Å². The molecule has 0 saturated heterocycles. The zero-order chi connectivity index (χ0) is 13.4. The molecule has 102 valence electrons. The van der Waals surface area contributed by atoms with Crippen LogP contribution in [-0.2, 0) is 9.47 Å². The molecule has 3 N–H and O–H groups in total. The molecule has 0 fully saturated rings. The van der Waals surface area contributed by atoms with E-state index in [1.807, 2.05) is 13.0 Å². The summed E-state index contributed by atoms with van der Waals surface area (Å²) in [5.74, 6) is 0.536. The van der Waals surface area contributed by atoms with E-state index in [-0.39, 0.29) is 6.10 Å². The Bertz CT molecular complexity index is 352. The summed E-state index contributed by atoms with van der Waals surface area (Å²) in [5, 5.41) is 9.78. The van der Waals surface area contributed by atoms with E-state index in [0.717, 1.165) is 4.90 Å². The first kappa shape index (κ1) is 15.2. The van der Waals surface area contributed by atoms with Crippen LogP contribution in [0, 0.1) is 0 Å². The highest BCUT2D eigenvalue weighted by atomic mass is 32.2. The lowest BCUT2D eigenvalue weighted by molar-refractivity contribution is -0.0257. The van der Waals surface area contributed by atoms with Crippen molar-refractivity contribution in [3.8, 4) is 0 Å². The van der Waals surface area contributed by atoms with Crippen LogP contribution in [0.1, 0.15) is 6.92 Å². The van der Waals surface area contributed by atoms with Crippen molar-refractivity contribution >= 4 is 17.4 Å². The minimum Gasteiger partial charge on any atom is -0.397 e. The third kappa shape index (κ3) is 5.68. The average molecular weight is 272 g/mol. The number of hydrogen-bond acceptors (Lipinski definition) is 6. The standard InChI is InChI=1S/C12H20N2O3S/c1-9(6-16-2)17-7-10(15)8-18-12-3-4-14-5-11(12)13/h3-5,9-10,15H,6-8,13H2,1-2H3. The van der Waals surface area contributed by atoms with E-state index in [4.69, 9.17) is 15.2 Å². The van der Waals surface area contributed by atoms with Crippen LogP contribution in [0.5, 0.6) is 0 Å². The third-order valence-electron chi connectivity index (χ3n) is 2.22. The number of aliphatic hydroxyl groups is 1. The van der Waals surface area contributed by atoms with E-state index in [1.54, 1.807) is 19.5 Å². The fourth-order valence-electron chi connectivity index (χ4n) is 1.32. The van der Waals surface area contributed by atoms with Crippen molar-refractivity contribution < 1.29 is 14.6 Å². The van der Waals surface area contributed by atoms with Crippen LogP contribution in [0.3, 0.4) is 0 Å². The minimum absolute atomic E-state index is 0.0133. The molecule has 2 atom stereocenters. The summed E-state index contributed by atoms with van der Waals surface area (Å²) < 4.78 is 10.4. The number of methoxy groups -OCH3 is 1. The first-order valence-corrected chi connectivity index (χ1v) is 6.73. The molecule has 5 nitrogen and oxygen atoms in total. The molecule has 1 aromatic rings. The number of anilines is 1. The van der Waals surface area contributed by atoms with Crippen molar-refractivity contribution in [1.29, 1.82) is 0 Å². The Morgan fingerprint density at radius 3 is 2.94 bits per heavy atom. The Labute approximate surface area is 112 Å². The molecule has 18 heavy (non-hydrogen) atoms. The van der Waals surface area contributed by atoms with Crippen LogP contribution < -0.4 is 5.73 Å². The topological polar surface area (TPSA) is 77.6 Å². The van der Waals surface area contributed by atoms with E-state index in [1.165, 1.54) is 11.8 Å². The second kappa shape index (κ2) is 8.31. The van der Waals surface area contributed by atoms with E-state index in [9.17, 15) is 5.11 Å². The van der Waals surface area contributed by atoms with Gasteiger partial charge in [-0.2, -0.15) is 0 Å². The maximum Gasteiger partial charge on any atom is 0.0867 e. The molecular formula is C12H20N2O3S. The maximum absolute atomic E-state index is 9.78. The molecule has 0 saturated carbocycles. The second-order valence-electron chi connectivity index (χ2n) is 3.98. The van der Waals surface area contributed by atoms with E-state index < -0.39 is 6.10 Å². The summed E-state index contributed by atoms with van der Waals surface area (Å²) in [6.07, 6.45) is 2.75. The first-order valence-electron chi connectivity index (χ1n) is 5.74. The van der Waals surface area contributed by atoms with Gasteiger partial charge in [0.1, 0.15) is 0 Å². The Morgan fingerprint density at radius 1 is 1.50 bits per heavy atom. The number of hydrogen-bond donors (Lipinski definition) is 2. The number of nitrogen functional groups attached to an aromatic ring is 1. The largest absolute Gasteiger partial charge is 0.397 e. The zero-order valence-corrected chi connectivity index (χ0v) is 11.5. The number of aliphatic hydroxyl groups excluding tert-OH is 1. The van der Waals surface area contributed by atoms with Gasteiger partial charge in [-0.3, -0.25) is 4.98 Å². The van der Waals surface area contributed by atoms with Crippen molar-refractivity contribution in [3.63, 3.8) is 0 Å². The van der Waals surface area contributed by atoms with Crippen LogP contribution in [-0.4, -0.2) is 48.4 Å². The number of ether oxygens (including phenoxy) is 2.